The van der Waals surface area contributed by atoms with E-state index in [0.717, 1.165) is 11.8 Å². The maximum absolute atomic E-state index is 14.1. The van der Waals surface area contributed by atoms with Gasteiger partial charge in [0.2, 0.25) is 5.88 Å². The summed E-state index contributed by atoms with van der Waals surface area (Å²) >= 11 is 0. The van der Waals surface area contributed by atoms with Crippen molar-refractivity contribution in [2.75, 3.05) is 51.9 Å². The third-order valence-corrected chi connectivity index (χ3v) is 7.48. The Morgan fingerprint density at radius 2 is 1.93 bits per heavy atom. The van der Waals surface area contributed by atoms with Gasteiger partial charge in [0.05, 0.1) is 30.5 Å². The van der Waals surface area contributed by atoms with Gasteiger partial charge in [-0.1, -0.05) is 24.3 Å². The molecule has 5 rings (SSSR count). The first kappa shape index (κ1) is 29.9. The van der Waals surface area contributed by atoms with Gasteiger partial charge >= 0.3 is 6.03 Å². The molecule has 2 saturated heterocycles. The Morgan fingerprint density at radius 1 is 1.14 bits per heavy atom. The molecule has 2 aliphatic rings. The standard InChI is InChI=1S/C30H37F2N5O5/c1-19-27(37(21-8-6-5-7-9-21)35-28(19)40-17-22-18-41-30(2,3)42-22)34-29(38)33-26-16-36(12-13-39-4)15-23(26)20-10-11-24(31)25(32)14-20/h5-11,14,22-23,26H,12-13,15-18H2,1-4H3,(H2,33,34,38)/t22-,23+,26-/m1/s1. The maximum Gasteiger partial charge on any atom is 0.320 e. The molecular formula is C30H37F2N5O5. The zero-order chi connectivity index (χ0) is 29.9. The third kappa shape index (κ3) is 6.89. The third-order valence-electron chi connectivity index (χ3n) is 7.48. The molecule has 0 saturated carbocycles. The Bertz CT molecular complexity index is 1390. The van der Waals surface area contributed by atoms with Gasteiger partial charge in [0.25, 0.3) is 0 Å². The molecule has 0 unspecified atom stereocenters. The lowest BCUT2D eigenvalue weighted by Crippen LogP contribution is -2.42. The topological polar surface area (TPSA) is 99.1 Å². The Labute approximate surface area is 243 Å². The highest BCUT2D eigenvalue weighted by atomic mass is 19.2. The van der Waals surface area contributed by atoms with Crippen LogP contribution in [0.5, 0.6) is 5.88 Å². The lowest BCUT2D eigenvalue weighted by atomic mass is 9.94. The number of carbonyl (C=O) groups is 1. The van der Waals surface area contributed by atoms with Crippen LogP contribution in [0.4, 0.5) is 19.4 Å². The van der Waals surface area contributed by atoms with Crippen molar-refractivity contribution >= 4 is 11.8 Å². The molecule has 3 heterocycles. The van der Waals surface area contributed by atoms with E-state index in [9.17, 15) is 13.6 Å². The average molecular weight is 586 g/mol. The van der Waals surface area contributed by atoms with E-state index in [0.29, 0.717) is 55.7 Å². The quantitative estimate of drug-likeness (QED) is 0.368. The van der Waals surface area contributed by atoms with E-state index in [-0.39, 0.29) is 24.7 Å². The molecule has 0 aliphatic carbocycles. The number of likely N-dealkylation sites (tertiary alicyclic amines) is 1. The number of ether oxygens (including phenoxy) is 4. The number of methoxy groups -OCH3 is 1. The zero-order valence-electron chi connectivity index (χ0n) is 24.2. The monoisotopic (exact) mass is 585 g/mol. The van der Waals surface area contributed by atoms with Crippen molar-refractivity contribution < 1.29 is 32.5 Å². The van der Waals surface area contributed by atoms with Gasteiger partial charge in [-0.05, 0) is 50.6 Å². The molecule has 0 radical (unpaired) electrons. The van der Waals surface area contributed by atoms with E-state index in [1.165, 1.54) is 6.07 Å². The number of hydrogen-bond donors (Lipinski definition) is 2. The minimum Gasteiger partial charge on any atom is -0.473 e. The summed E-state index contributed by atoms with van der Waals surface area (Å²) in [5.41, 5.74) is 1.98. The van der Waals surface area contributed by atoms with Crippen molar-refractivity contribution in [3.8, 4) is 11.6 Å². The second kappa shape index (κ2) is 12.7. The Kier molecular flexibility index (Phi) is 9.07. The molecular weight excluding hydrogens is 548 g/mol. The minimum absolute atomic E-state index is 0.233. The number of nitrogens with one attached hydrogen (secondary N) is 2. The summed E-state index contributed by atoms with van der Waals surface area (Å²) < 4.78 is 52.1. The van der Waals surface area contributed by atoms with Crippen LogP contribution in [-0.2, 0) is 14.2 Å². The number of anilines is 1. The van der Waals surface area contributed by atoms with Crippen LogP contribution in [0.1, 0.15) is 30.9 Å². The Hall–Kier alpha value is -3.58. The van der Waals surface area contributed by atoms with Crippen molar-refractivity contribution in [2.45, 2.75) is 44.6 Å². The van der Waals surface area contributed by atoms with Crippen molar-refractivity contribution in [2.24, 2.45) is 0 Å². The maximum atomic E-state index is 14.1. The number of rotatable bonds is 10. The van der Waals surface area contributed by atoms with Gasteiger partial charge in [0.15, 0.2) is 17.4 Å². The fourth-order valence-electron chi connectivity index (χ4n) is 5.36. The molecule has 1 aromatic heterocycles. The molecule has 2 amide bonds. The number of amides is 2. The number of benzene rings is 2. The average Bonchev–Trinajstić information content (AvgIpc) is 3.63. The Morgan fingerprint density at radius 3 is 2.62 bits per heavy atom. The minimum atomic E-state index is -0.918. The molecule has 2 fully saturated rings. The molecule has 2 N–H and O–H groups in total. The van der Waals surface area contributed by atoms with Crippen molar-refractivity contribution in [1.82, 2.24) is 20.0 Å². The number of para-hydroxylation sites is 1. The second-order valence-corrected chi connectivity index (χ2v) is 11.0. The molecule has 42 heavy (non-hydrogen) atoms. The van der Waals surface area contributed by atoms with Gasteiger partial charge in [-0.15, -0.1) is 5.10 Å². The predicted octanol–water partition coefficient (Wildman–Crippen LogP) is 4.23. The molecule has 2 aromatic carbocycles. The van der Waals surface area contributed by atoms with E-state index in [1.54, 1.807) is 17.9 Å². The van der Waals surface area contributed by atoms with Gasteiger partial charge in [0.1, 0.15) is 18.5 Å². The normalized spacial score (nSPS) is 21.9. The van der Waals surface area contributed by atoms with Crippen LogP contribution in [0, 0.1) is 18.6 Å². The molecule has 2 aliphatic heterocycles. The number of urea groups is 1. The Balaban J connectivity index is 1.34. The van der Waals surface area contributed by atoms with Crippen molar-refractivity contribution in [3.63, 3.8) is 0 Å². The number of hydrogen-bond acceptors (Lipinski definition) is 7. The summed E-state index contributed by atoms with van der Waals surface area (Å²) in [7, 11) is 1.62. The van der Waals surface area contributed by atoms with E-state index < -0.39 is 23.5 Å². The smallest absolute Gasteiger partial charge is 0.320 e. The van der Waals surface area contributed by atoms with Crippen LogP contribution < -0.4 is 15.4 Å². The molecule has 0 spiro atoms. The number of carbonyl (C=O) groups excluding carboxylic acids is 1. The molecule has 3 aromatic rings. The summed E-state index contributed by atoms with van der Waals surface area (Å²) in [5.74, 6) is -1.95. The van der Waals surface area contributed by atoms with Crippen molar-refractivity contribution in [1.29, 1.82) is 0 Å². The predicted molar refractivity (Wildman–Crippen MR) is 152 cm³/mol. The van der Waals surface area contributed by atoms with Gasteiger partial charge in [-0.2, -0.15) is 0 Å². The largest absolute Gasteiger partial charge is 0.473 e. The fourth-order valence-corrected chi connectivity index (χ4v) is 5.36. The van der Waals surface area contributed by atoms with Crippen LogP contribution in [0.25, 0.3) is 5.69 Å². The van der Waals surface area contributed by atoms with Gasteiger partial charge in [0, 0.05) is 32.7 Å². The summed E-state index contributed by atoms with van der Waals surface area (Å²) in [6, 6.07) is 12.5. The van der Waals surface area contributed by atoms with Gasteiger partial charge < -0.3 is 24.3 Å². The van der Waals surface area contributed by atoms with Crippen LogP contribution in [0.15, 0.2) is 48.5 Å². The summed E-state index contributed by atoms with van der Waals surface area (Å²) in [4.78, 5) is 15.6. The van der Waals surface area contributed by atoms with Crippen LogP contribution >= 0.6 is 0 Å². The van der Waals surface area contributed by atoms with Gasteiger partial charge in [-0.25, -0.2) is 18.3 Å². The van der Waals surface area contributed by atoms with Crippen LogP contribution in [0.2, 0.25) is 0 Å². The SMILES string of the molecule is COCCN1C[C@@H](NC(=O)Nc2c(C)c(OC[C@@H]3COC(C)(C)O3)nn2-c2ccccc2)[C@H](c2ccc(F)c(F)c2)C1. The van der Waals surface area contributed by atoms with E-state index >= 15 is 0 Å². The summed E-state index contributed by atoms with van der Waals surface area (Å²) in [6.07, 6.45) is -0.252. The lowest BCUT2D eigenvalue weighted by molar-refractivity contribution is -0.141. The molecule has 226 valence electrons. The highest BCUT2D eigenvalue weighted by Gasteiger charge is 2.36. The van der Waals surface area contributed by atoms with Crippen molar-refractivity contribution in [3.05, 3.63) is 71.3 Å². The summed E-state index contributed by atoms with van der Waals surface area (Å²) in [5, 5.41) is 10.6. The first-order valence-electron chi connectivity index (χ1n) is 14.0. The first-order chi connectivity index (χ1) is 20.1. The molecule has 3 atom stereocenters. The van der Waals surface area contributed by atoms with Crippen LogP contribution in [-0.4, -0.2) is 85.2 Å². The number of halogens is 2. The van der Waals surface area contributed by atoms with Crippen LogP contribution in [0.3, 0.4) is 0 Å². The molecule has 10 nitrogen and oxygen atoms in total. The van der Waals surface area contributed by atoms with Gasteiger partial charge in [-0.3, -0.25) is 10.2 Å². The fraction of sp³-hybridized carbons (Fsp3) is 0.467. The summed E-state index contributed by atoms with van der Waals surface area (Å²) in [6.45, 7) is 8.38. The highest BCUT2D eigenvalue weighted by Crippen LogP contribution is 2.31. The first-order valence-corrected chi connectivity index (χ1v) is 14.0. The van der Waals surface area contributed by atoms with E-state index in [4.69, 9.17) is 18.9 Å². The molecule has 12 heteroatoms. The second-order valence-electron chi connectivity index (χ2n) is 11.0. The van der Waals surface area contributed by atoms with E-state index in [1.807, 2.05) is 51.1 Å². The highest BCUT2D eigenvalue weighted by molar-refractivity contribution is 5.90. The lowest BCUT2D eigenvalue weighted by Gasteiger charge is -2.21. The number of aromatic nitrogens is 2. The zero-order valence-corrected chi connectivity index (χ0v) is 24.2. The van der Waals surface area contributed by atoms with E-state index in [2.05, 4.69) is 20.6 Å². The number of nitrogens with zero attached hydrogens (tertiary/aromatic N) is 3. The molecule has 0 bridgehead atoms.